The maximum absolute atomic E-state index is 12.5. The number of ether oxygens (including phenoxy) is 1. The molecule has 122 valence electrons. The van der Waals surface area contributed by atoms with Gasteiger partial charge in [0.25, 0.3) is 5.56 Å². The molecular formula is C13H12F3N5O2. The van der Waals surface area contributed by atoms with Crippen molar-refractivity contribution in [2.75, 3.05) is 18.5 Å². The molecule has 2 unspecified atom stereocenters. The lowest BCUT2D eigenvalue weighted by Crippen LogP contribution is -2.37. The summed E-state index contributed by atoms with van der Waals surface area (Å²) in [4.78, 5) is 11.8. The molecule has 2 aromatic rings. The molecular weight excluding hydrogens is 315 g/mol. The molecule has 0 radical (unpaired) electrons. The quantitative estimate of drug-likeness (QED) is 0.909. The van der Waals surface area contributed by atoms with Gasteiger partial charge in [-0.15, -0.1) is 10.2 Å². The first-order chi connectivity index (χ1) is 10.9. The number of hydrogen-bond donors (Lipinski definition) is 1. The predicted molar refractivity (Wildman–Crippen MR) is 72.8 cm³/mol. The Morgan fingerprint density at radius 2 is 2.04 bits per heavy atom. The van der Waals surface area contributed by atoms with Crippen LogP contribution in [-0.4, -0.2) is 39.2 Å². The lowest BCUT2D eigenvalue weighted by Gasteiger charge is -2.20. The SMILES string of the molecule is O=c1cccnn1C1COCC1Nc1ccc(C(F)(F)F)nn1. The van der Waals surface area contributed by atoms with E-state index in [9.17, 15) is 18.0 Å². The molecule has 2 aromatic heterocycles. The van der Waals surface area contributed by atoms with E-state index in [-0.39, 0.29) is 36.7 Å². The van der Waals surface area contributed by atoms with Gasteiger partial charge in [0.1, 0.15) is 11.9 Å². The summed E-state index contributed by atoms with van der Waals surface area (Å²) in [5.74, 6) is 0.169. The minimum atomic E-state index is -4.54. The van der Waals surface area contributed by atoms with E-state index in [4.69, 9.17) is 4.74 Å². The molecule has 0 bridgehead atoms. The van der Waals surface area contributed by atoms with Crippen LogP contribution in [0, 0.1) is 0 Å². The van der Waals surface area contributed by atoms with Gasteiger partial charge >= 0.3 is 6.18 Å². The fourth-order valence-corrected chi connectivity index (χ4v) is 2.29. The number of hydrogen-bond acceptors (Lipinski definition) is 6. The van der Waals surface area contributed by atoms with Crippen LogP contribution in [0.3, 0.4) is 0 Å². The number of rotatable bonds is 3. The van der Waals surface area contributed by atoms with E-state index in [1.807, 2.05) is 0 Å². The fraction of sp³-hybridized carbons (Fsp3) is 0.385. The van der Waals surface area contributed by atoms with Crippen LogP contribution in [0.4, 0.5) is 19.0 Å². The monoisotopic (exact) mass is 327 g/mol. The zero-order valence-corrected chi connectivity index (χ0v) is 11.7. The van der Waals surface area contributed by atoms with Gasteiger partial charge in [-0.1, -0.05) is 0 Å². The minimum Gasteiger partial charge on any atom is -0.377 e. The molecule has 3 heterocycles. The van der Waals surface area contributed by atoms with Gasteiger partial charge in [0, 0.05) is 12.3 Å². The molecule has 0 aromatic carbocycles. The van der Waals surface area contributed by atoms with Crippen LogP contribution in [0.1, 0.15) is 11.7 Å². The Balaban J connectivity index is 1.77. The van der Waals surface area contributed by atoms with Gasteiger partial charge in [-0.25, -0.2) is 4.68 Å². The number of aromatic nitrogens is 4. The average molecular weight is 327 g/mol. The smallest absolute Gasteiger partial charge is 0.377 e. The largest absolute Gasteiger partial charge is 0.435 e. The summed E-state index contributed by atoms with van der Waals surface area (Å²) in [5, 5.41) is 13.6. The molecule has 10 heteroatoms. The van der Waals surface area contributed by atoms with Crippen molar-refractivity contribution in [1.29, 1.82) is 0 Å². The summed E-state index contributed by atoms with van der Waals surface area (Å²) >= 11 is 0. The highest BCUT2D eigenvalue weighted by molar-refractivity contribution is 5.35. The molecule has 0 spiro atoms. The van der Waals surface area contributed by atoms with Crippen molar-refractivity contribution in [3.05, 3.63) is 46.5 Å². The van der Waals surface area contributed by atoms with Gasteiger partial charge in [-0.05, 0) is 18.2 Å². The normalized spacial score (nSPS) is 21.3. The van der Waals surface area contributed by atoms with Gasteiger partial charge in [-0.2, -0.15) is 18.3 Å². The lowest BCUT2D eigenvalue weighted by atomic mass is 10.1. The Labute approximate surface area is 128 Å². The van der Waals surface area contributed by atoms with Crippen molar-refractivity contribution in [3.8, 4) is 0 Å². The first-order valence-corrected chi connectivity index (χ1v) is 6.74. The van der Waals surface area contributed by atoms with Gasteiger partial charge in [0.05, 0.1) is 19.3 Å². The second kappa shape index (κ2) is 5.95. The number of nitrogens with zero attached hydrogens (tertiary/aromatic N) is 4. The highest BCUT2D eigenvalue weighted by Crippen LogP contribution is 2.27. The highest BCUT2D eigenvalue weighted by atomic mass is 19.4. The van der Waals surface area contributed by atoms with Crippen molar-refractivity contribution in [2.45, 2.75) is 18.3 Å². The fourth-order valence-electron chi connectivity index (χ4n) is 2.29. The van der Waals surface area contributed by atoms with Crippen LogP contribution in [0.2, 0.25) is 0 Å². The minimum absolute atomic E-state index is 0.169. The molecule has 1 fully saturated rings. The summed E-state index contributed by atoms with van der Waals surface area (Å²) in [6, 6.07) is 4.19. The maximum atomic E-state index is 12.5. The average Bonchev–Trinajstić information content (AvgIpc) is 2.95. The second-order valence-corrected chi connectivity index (χ2v) is 4.96. The van der Waals surface area contributed by atoms with Crippen LogP contribution in [0.5, 0.6) is 0 Å². The molecule has 0 amide bonds. The highest BCUT2D eigenvalue weighted by Gasteiger charge is 2.34. The third kappa shape index (κ3) is 3.31. The molecule has 23 heavy (non-hydrogen) atoms. The molecule has 2 atom stereocenters. The molecule has 1 N–H and O–H groups in total. The third-order valence-electron chi connectivity index (χ3n) is 3.39. The molecule has 1 saturated heterocycles. The Hall–Kier alpha value is -2.49. The molecule has 0 saturated carbocycles. The van der Waals surface area contributed by atoms with Crippen molar-refractivity contribution in [1.82, 2.24) is 20.0 Å². The van der Waals surface area contributed by atoms with E-state index in [1.54, 1.807) is 0 Å². The molecule has 1 aliphatic rings. The zero-order valence-electron chi connectivity index (χ0n) is 11.7. The van der Waals surface area contributed by atoms with Crippen molar-refractivity contribution in [2.24, 2.45) is 0 Å². The molecule has 7 nitrogen and oxygen atoms in total. The topological polar surface area (TPSA) is 81.9 Å². The van der Waals surface area contributed by atoms with Crippen LogP contribution in [0.25, 0.3) is 0 Å². The predicted octanol–water partition coefficient (Wildman–Crippen LogP) is 1.10. The summed E-state index contributed by atoms with van der Waals surface area (Å²) in [7, 11) is 0. The third-order valence-corrected chi connectivity index (χ3v) is 3.39. The standard InChI is InChI=1S/C13H12F3N5O2/c14-13(15,16)10-3-4-11(20-19-10)18-8-6-23-7-9(8)21-12(22)2-1-5-17-21/h1-5,8-9H,6-7H2,(H,18,20). The maximum Gasteiger partial charge on any atom is 0.435 e. The van der Waals surface area contributed by atoms with Crippen LogP contribution in [0.15, 0.2) is 35.3 Å². The van der Waals surface area contributed by atoms with Crippen molar-refractivity contribution in [3.63, 3.8) is 0 Å². The van der Waals surface area contributed by atoms with Crippen LogP contribution in [-0.2, 0) is 10.9 Å². The summed E-state index contributed by atoms with van der Waals surface area (Å²) < 4.78 is 44.0. The lowest BCUT2D eigenvalue weighted by molar-refractivity contribution is -0.141. The van der Waals surface area contributed by atoms with E-state index < -0.39 is 11.9 Å². The molecule has 0 aliphatic carbocycles. The Kier molecular flexibility index (Phi) is 3.99. The van der Waals surface area contributed by atoms with E-state index in [0.29, 0.717) is 0 Å². The summed E-state index contributed by atoms with van der Waals surface area (Å²) in [6.45, 7) is 0.541. The van der Waals surface area contributed by atoms with E-state index in [2.05, 4.69) is 20.6 Å². The number of halogens is 3. The zero-order chi connectivity index (χ0) is 16.4. The summed E-state index contributed by atoms with van der Waals surface area (Å²) in [5.41, 5.74) is -1.35. The first kappa shape index (κ1) is 15.4. The van der Waals surface area contributed by atoms with Crippen molar-refractivity contribution >= 4 is 5.82 Å². The van der Waals surface area contributed by atoms with Gasteiger partial charge in [0.2, 0.25) is 0 Å². The number of nitrogens with one attached hydrogen (secondary N) is 1. The van der Waals surface area contributed by atoms with Gasteiger partial charge in [-0.3, -0.25) is 4.79 Å². The molecule has 3 rings (SSSR count). The number of anilines is 1. The number of alkyl halides is 3. The van der Waals surface area contributed by atoms with E-state index in [0.717, 1.165) is 6.07 Å². The van der Waals surface area contributed by atoms with E-state index in [1.165, 1.54) is 29.1 Å². The molecule has 1 aliphatic heterocycles. The Morgan fingerprint density at radius 1 is 1.22 bits per heavy atom. The van der Waals surface area contributed by atoms with Crippen molar-refractivity contribution < 1.29 is 17.9 Å². The van der Waals surface area contributed by atoms with Crippen LogP contribution < -0.4 is 10.9 Å². The first-order valence-electron chi connectivity index (χ1n) is 6.74. The second-order valence-electron chi connectivity index (χ2n) is 4.96. The van der Waals surface area contributed by atoms with Gasteiger partial charge in [0.15, 0.2) is 5.69 Å². The summed E-state index contributed by atoms with van der Waals surface area (Å²) in [6.07, 6.45) is -3.06. The Bertz CT molecular complexity index is 731. The Morgan fingerprint density at radius 3 is 2.70 bits per heavy atom. The van der Waals surface area contributed by atoms with Crippen LogP contribution >= 0.6 is 0 Å². The van der Waals surface area contributed by atoms with Gasteiger partial charge < -0.3 is 10.1 Å². The van der Waals surface area contributed by atoms with E-state index >= 15 is 0 Å².